The summed E-state index contributed by atoms with van der Waals surface area (Å²) in [5.74, 6) is 0.584. The van der Waals surface area contributed by atoms with Gasteiger partial charge in [0, 0.05) is 29.2 Å². The molecule has 3 rings (SSSR count). The highest BCUT2D eigenvalue weighted by molar-refractivity contribution is 9.10. The molecule has 0 spiro atoms. The van der Waals surface area contributed by atoms with Crippen molar-refractivity contribution in [1.29, 1.82) is 0 Å². The Morgan fingerprint density at radius 1 is 1.12 bits per heavy atom. The van der Waals surface area contributed by atoms with Gasteiger partial charge in [0.1, 0.15) is 5.75 Å². The highest BCUT2D eigenvalue weighted by Gasteiger charge is 2.25. The Labute approximate surface area is 161 Å². The average Bonchev–Trinajstić information content (AvgIpc) is 2.68. The molecule has 1 fully saturated rings. The number of halogens is 1. The molecule has 2 aromatic carbocycles. The smallest absolute Gasteiger partial charge is 0.253 e. The Balaban J connectivity index is 1.56. The Bertz CT molecular complexity index is 801. The number of carbonyl (C=O) groups excluding carboxylic acids is 2. The zero-order valence-electron chi connectivity index (χ0n) is 14.6. The number of amides is 2. The van der Waals surface area contributed by atoms with Crippen molar-refractivity contribution < 1.29 is 14.3 Å². The molecule has 0 bridgehead atoms. The van der Waals surface area contributed by atoms with E-state index >= 15 is 0 Å². The fraction of sp³-hybridized carbons (Fsp3) is 0.300. The van der Waals surface area contributed by atoms with E-state index in [1.54, 1.807) is 25.3 Å². The molecule has 0 atom stereocenters. The first-order valence-electron chi connectivity index (χ1n) is 8.57. The lowest BCUT2D eigenvalue weighted by Gasteiger charge is -2.32. The second-order valence-corrected chi connectivity index (χ2v) is 7.11. The highest BCUT2D eigenvalue weighted by Crippen LogP contribution is 2.19. The predicted octanol–water partition coefficient (Wildman–Crippen LogP) is 3.49. The molecule has 1 saturated heterocycles. The zero-order valence-corrected chi connectivity index (χ0v) is 16.2. The fourth-order valence-electron chi connectivity index (χ4n) is 3.07. The summed E-state index contributed by atoms with van der Waals surface area (Å²) >= 11 is 3.40. The average molecular weight is 417 g/mol. The van der Waals surface area contributed by atoms with Crippen molar-refractivity contribution in [2.24, 2.45) is 0 Å². The summed E-state index contributed by atoms with van der Waals surface area (Å²) in [6, 6.07) is 14.6. The van der Waals surface area contributed by atoms with Crippen molar-refractivity contribution >= 4 is 27.7 Å². The minimum absolute atomic E-state index is 0.000481. The van der Waals surface area contributed by atoms with E-state index in [-0.39, 0.29) is 17.9 Å². The fourth-order valence-corrected chi connectivity index (χ4v) is 3.54. The van der Waals surface area contributed by atoms with Crippen LogP contribution in [0.5, 0.6) is 5.75 Å². The minimum Gasteiger partial charge on any atom is -0.497 e. The molecule has 0 saturated carbocycles. The van der Waals surface area contributed by atoms with E-state index in [1.807, 2.05) is 35.2 Å². The lowest BCUT2D eigenvalue weighted by Crippen LogP contribution is -2.46. The van der Waals surface area contributed by atoms with E-state index in [9.17, 15) is 9.59 Å². The summed E-state index contributed by atoms with van der Waals surface area (Å²) in [7, 11) is 1.59. The number of nitrogens with one attached hydrogen (secondary N) is 1. The number of carbonyl (C=O) groups is 2. The number of ether oxygens (including phenoxy) is 1. The maximum atomic E-state index is 12.6. The first-order chi connectivity index (χ1) is 12.6. The molecule has 0 aromatic heterocycles. The van der Waals surface area contributed by atoms with E-state index in [4.69, 9.17) is 4.74 Å². The third-order valence-corrected chi connectivity index (χ3v) is 5.24. The van der Waals surface area contributed by atoms with Crippen LogP contribution in [0.15, 0.2) is 53.0 Å². The number of benzene rings is 2. The largest absolute Gasteiger partial charge is 0.497 e. The maximum absolute atomic E-state index is 12.6. The third-order valence-electron chi connectivity index (χ3n) is 4.55. The standard InChI is InChI=1S/C20H21BrN2O3/c1-26-16-6-4-5-14(13-16)20(25)23-11-9-15(10-12-23)22-19(24)17-7-2-3-8-18(17)21/h2-8,13,15H,9-12H2,1H3,(H,22,24). The van der Waals surface area contributed by atoms with Crippen LogP contribution in [0.3, 0.4) is 0 Å². The van der Waals surface area contributed by atoms with E-state index in [0.717, 1.165) is 17.3 Å². The lowest BCUT2D eigenvalue weighted by atomic mass is 10.0. The molecule has 2 amide bonds. The summed E-state index contributed by atoms with van der Waals surface area (Å²) in [4.78, 5) is 26.9. The van der Waals surface area contributed by atoms with E-state index < -0.39 is 0 Å². The van der Waals surface area contributed by atoms with Gasteiger partial charge in [0.05, 0.1) is 12.7 Å². The molecule has 1 aliphatic rings. The molecule has 0 aliphatic carbocycles. The van der Waals surface area contributed by atoms with Crippen LogP contribution >= 0.6 is 15.9 Å². The van der Waals surface area contributed by atoms with Gasteiger partial charge in [-0.3, -0.25) is 9.59 Å². The molecular formula is C20H21BrN2O3. The summed E-state index contributed by atoms with van der Waals surface area (Å²) in [6.45, 7) is 1.24. The first kappa shape index (κ1) is 18.5. The van der Waals surface area contributed by atoms with Crippen molar-refractivity contribution in [2.75, 3.05) is 20.2 Å². The molecule has 136 valence electrons. The number of methoxy groups -OCH3 is 1. The monoisotopic (exact) mass is 416 g/mol. The number of piperidine rings is 1. The molecular weight excluding hydrogens is 396 g/mol. The van der Waals surface area contributed by atoms with Gasteiger partial charge in [0.2, 0.25) is 0 Å². The van der Waals surface area contributed by atoms with Gasteiger partial charge < -0.3 is 15.0 Å². The SMILES string of the molecule is COc1cccc(C(=O)N2CCC(NC(=O)c3ccccc3Br)CC2)c1. The van der Waals surface area contributed by atoms with Crippen LogP contribution in [0.2, 0.25) is 0 Å². The number of hydrogen-bond donors (Lipinski definition) is 1. The topological polar surface area (TPSA) is 58.6 Å². The zero-order chi connectivity index (χ0) is 18.5. The van der Waals surface area contributed by atoms with E-state index in [1.165, 1.54) is 0 Å². The van der Waals surface area contributed by atoms with Crippen LogP contribution in [-0.2, 0) is 0 Å². The van der Waals surface area contributed by atoms with Crippen LogP contribution in [0, 0.1) is 0 Å². The van der Waals surface area contributed by atoms with E-state index in [0.29, 0.717) is 30.0 Å². The van der Waals surface area contributed by atoms with Crippen molar-refractivity contribution in [2.45, 2.75) is 18.9 Å². The van der Waals surface area contributed by atoms with Crippen molar-refractivity contribution in [3.63, 3.8) is 0 Å². The summed E-state index contributed by atoms with van der Waals surface area (Å²) < 4.78 is 5.96. The van der Waals surface area contributed by atoms with Crippen LogP contribution in [0.4, 0.5) is 0 Å². The number of rotatable bonds is 4. The van der Waals surface area contributed by atoms with Gasteiger partial charge in [-0.05, 0) is 59.1 Å². The van der Waals surface area contributed by atoms with Crippen molar-refractivity contribution in [3.05, 3.63) is 64.1 Å². The quantitative estimate of drug-likeness (QED) is 0.829. The van der Waals surface area contributed by atoms with Gasteiger partial charge in [-0.25, -0.2) is 0 Å². The van der Waals surface area contributed by atoms with Crippen molar-refractivity contribution in [3.8, 4) is 5.75 Å². The molecule has 26 heavy (non-hydrogen) atoms. The Morgan fingerprint density at radius 2 is 1.85 bits per heavy atom. The Kier molecular flexibility index (Phi) is 5.93. The van der Waals surface area contributed by atoms with Gasteiger partial charge in [0.25, 0.3) is 11.8 Å². The van der Waals surface area contributed by atoms with Gasteiger partial charge in [0.15, 0.2) is 0 Å². The van der Waals surface area contributed by atoms with Crippen LogP contribution in [0.25, 0.3) is 0 Å². The summed E-state index contributed by atoms with van der Waals surface area (Å²) in [6.07, 6.45) is 1.48. The third kappa shape index (κ3) is 4.25. The van der Waals surface area contributed by atoms with Crippen molar-refractivity contribution in [1.82, 2.24) is 10.2 Å². The summed E-state index contributed by atoms with van der Waals surface area (Å²) in [5, 5.41) is 3.07. The van der Waals surface area contributed by atoms with Gasteiger partial charge in [-0.15, -0.1) is 0 Å². The normalized spacial score (nSPS) is 14.8. The second-order valence-electron chi connectivity index (χ2n) is 6.25. The number of nitrogens with zero attached hydrogens (tertiary/aromatic N) is 1. The highest BCUT2D eigenvalue weighted by atomic mass is 79.9. The maximum Gasteiger partial charge on any atom is 0.253 e. The number of likely N-dealkylation sites (tertiary alicyclic amines) is 1. The molecule has 2 aromatic rings. The first-order valence-corrected chi connectivity index (χ1v) is 9.36. The van der Waals surface area contributed by atoms with Gasteiger partial charge in [-0.1, -0.05) is 18.2 Å². The van der Waals surface area contributed by atoms with Crippen LogP contribution in [-0.4, -0.2) is 43.0 Å². The Morgan fingerprint density at radius 3 is 2.54 bits per heavy atom. The van der Waals surface area contributed by atoms with Crippen LogP contribution in [0.1, 0.15) is 33.6 Å². The van der Waals surface area contributed by atoms with E-state index in [2.05, 4.69) is 21.2 Å². The lowest BCUT2D eigenvalue weighted by molar-refractivity contribution is 0.0697. The van der Waals surface area contributed by atoms with Gasteiger partial charge >= 0.3 is 0 Å². The minimum atomic E-state index is -0.0879. The summed E-state index contributed by atoms with van der Waals surface area (Å²) in [5.41, 5.74) is 1.25. The molecule has 6 heteroatoms. The molecule has 0 unspecified atom stereocenters. The molecule has 5 nitrogen and oxygen atoms in total. The second kappa shape index (κ2) is 8.36. The molecule has 1 aliphatic heterocycles. The van der Waals surface area contributed by atoms with Gasteiger partial charge in [-0.2, -0.15) is 0 Å². The Hall–Kier alpha value is -2.34. The number of hydrogen-bond acceptors (Lipinski definition) is 3. The predicted molar refractivity (Wildman–Crippen MR) is 104 cm³/mol. The molecule has 1 heterocycles. The molecule has 1 N–H and O–H groups in total. The van der Waals surface area contributed by atoms with Crippen LogP contribution < -0.4 is 10.1 Å². The molecule has 0 radical (unpaired) electrons.